The molecule has 0 bridgehead atoms. The summed E-state index contributed by atoms with van der Waals surface area (Å²) >= 11 is 0. The van der Waals surface area contributed by atoms with Crippen LogP contribution in [0.5, 0.6) is 0 Å². The van der Waals surface area contributed by atoms with Gasteiger partial charge in [0.1, 0.15) is 5.92 Å². The van der Waals surface area contributed by atoms with Crippen molar-refractivity contribution >= 4 is 27.5 Å². The largest absolute Gasteiger partial charge is 0.327 e. The van der Waals surface area contributed by atoms with Crippen molar-refractivity contribution in [1.29, 1.82) is 0 Å². The molecule has 0 spiro atoms. The highest BCUT2D eigenvalue weighted by Gasteiger charge is 2.51. The molecule has 2 unspecified atom stereocenters. The van der Waals surface area contributed by atoms with Gasteiger partial charge in [0.2, 0.25) is 15.8 Å². The van der Waals surface area contributed by atoms with Gasteiger partial charge < -0.3 is 9.80 Å². The second kappa shape index (κ2) is 9.32. The molecule has 1 aliphatic heterocycles. The molecule has 8 nitrogen and oxygen atoms in total. The maximum atomic E-state index is 13.4. The number of benzene rings is 2. The Kier molecular flexibility index (Phi) is 6.92. The van der Waals surface area contributed by atoms with Gasteiger partial charge in [-0.2, -0.15) is 0 Å². The third-order valence-electron chi connectivity index (χ3n) is 5.53. The summed E-state index contributed by atoms with van der Waals surface area (Å²) in [5.74, 6) is -3.11. The van der Waals surface area contributed by atoms with Crippen LogP contribution in [0.3, 0.4) is 0 Å². The average Bonchev–Trinajstić information content (AvgIpc) is 3.02. The number of carbonyl (C=O) groups is 3. The smallest absolute Gasteiger partial charge is 0.291 e. The van der Waals surface area contributed by atoms with Crippen LogP contribution < -0.4 is 0 Å². The number of likely N-dealkylation sites (N-methyl/N-ethyl adjacent to an activating group) is 1. The van der Waals surface area contributed by atoms with Crippen molar-refractivity contribution in [2.24, 2.45) is 5.92 Å². The molecule has 0 radical (unpaired) electrons. The van der Waals surface area contributed by atoms with Gasteiger partial charge in [0.25, 0.3) is 5.91 Å². The van der Waals surface area contributed by atoms with Crippen molar-refractivity contribution in [2.75, 3.05) is 41.3 Å². The van der Waals surface area contributed by atoms with Crippen molar-refractivity contribution in [1.82, 2.24) is 14.1 Å². The minimum absolute atomic E-state index is 0.0418. The fraction of sp³-hybridized carbons (Fsp3) is 0.348. The Morgan fingerprint density at radius 3 is 2.06 bits per heavy atom. The first-order chi connectivity index (χ1) is 15.1. The lowest BCUT2D eigenvalue weighted by atomic mass is 9.86. The summed E-state index contributed by atoms with van der Waals surface area (Å²) in [6, 6.07) is 13.8. The Bertz CT molecular complexity index is 1110. The van der Waals surface area contributed by atoms with E-state index in [0.29, 0.717) is 18.7 Å². The van der Waals surface area contributed by atoms with E-state index in [9.17, 15) is 22.8 Å². The van der Waals surface area contributed by atoms with Crippen LogP contribution in [-0.4, -0.2) is 81.3 Å². The summed E-state index contributed by atoms with van der Waals surface area (Å²) < 4.78 is 25.7. The maximum Gasteiger partial charge on any atom is 0.291 e. The molecule has 1 fully saturated rings. The predicted molar refractivity (Wildman–Crippen MR) is 120 cm³/mol. The summed E-state index contributed by atoms with van der Waals surface area (Å²) in [6.07, 6.45) is 0. The summed E-state index contributed by atoms with van der Waals surface area (Å²) in [5.41, 5.74) is 0.889. The number of nitrogens with zero attached hydrogens (tertiary/aromatic N) is 3. The zero-order valence-electron chi connectivity index (χ0n) is 18.6. The molecule has 3 rings (SSSR count). The van der Waals surface area contributed by atoms with Gasteiger partial charge in [0, 0.05) is 32.7 Å². The van der Waals surface area contributed by atoms with Gasteiger partial charge in [0.15, 0.2) is 5.78 Å². The van der Waals surface area contributed by atoms with Gasteiger partial charge in [0.05, 0.1) is 10.9 Å². The predicted octanol–water partition coefficient (Wildman–Crippen LogP) is 1.45. The molecule has 0 aromatic heterocycles. The van der Waals surface area contributed by atoms with Crippen LogP contribution in [0.4, 0.5) is 0 Å². The molecule has 2 atom stereocenters. The third kappa shape index (κ3) is 4.50. The molecule has 0 aliphatic carbocycles. The monoisotopic (exact) mass is 457 g/mol. The number of hydrogen-bond donors (Lipinski definition) is 0. The van der Waals surface area contributed by atoms with Crippen molar-refractivity contribution in [3.63, 3.8) is 0 Å². The van der Waals surface area contributed by atoms with Crippen molar-refractivity contribution in [3.8, 4) is 0 Å². The van der Waals surface area contributed by atoms with E-state index in [1.807, 2.05) is 25.1 Å². The normalized spacial score (nSPS) is 19.2. The number of likely N-dealkylation sites (tertiary alicyclic amines) is 1. The Labute approximate surface area is 188 Å². The van der Waals surface area contributed by atoms with E-state index in [-0.39, 0.29) is 10.5 Å². The fourth-order valence-corrected chi connectivity index (χ4v) is 4.64. The van der Waals surface area contributed by atoms with Crippen molar-refractivity contribution in [3.05, 3.63) is 65.7 Å². The summed E-state index contributed by atoms with van der Waals surface area (Å²) in [6.45, 7) is 0.848. The van der Waals surface area contributed by atoms with Gasteiger partial charge in [-0.25, -0.2) is 12.7 Å². The fourth-order valence-electron chi connectivity index (χ4n) is 3.74. The Morgan fingerprint density at radius 1 is 0.938 bits per heavy atom. The van der Waals surface area contributed by atoms with E-state index in [4.69, 9.17) is 0 Å². The number of sulfonamides is 1. The van der Waals surface area contributed by atoms with E-state index in [0.717, 1.165) is 4.31 Å². The molecular formula is C23H27N3O5S. The van der Waals surface area contributed by atoms with E-state index in [1.165, 1.54) is 43.3 Å². The Morgan fingerprint density at radius 2 is 1.53 bits per heavy atom. The highest BCUT2D eigenvalue weighted by Crippen LogP contribution is 2.38. The molecular weight excluding hydrogens is 430 g/mol. The second-order valence-electron chi connectivity index (χ2n) is 8.18. The van der Waals surface area contributed by atoms with Crippen LogP contribution in [0.25, 0.3) is 0 Å². The second-order valence-corrected chi connectivity index (χ2v) is 10.3. The SMILES string of the molecule is CN(C)CCN1C(=O)C(=O)C(C(=O)c2ccc(S(=O)(=O)N(C)C)cc2)C1c1ccccc1. The standard InChI is InChI=1S/C23H27N3O5S/c1-24(2)14-15-26-20(16-8-6-5-7-9-16)19(22(28)23(26)29)21(27)17-10-12-18(13-11-17)32(30,31)25(3)4/h5-13,19-20H,14-15H2,1-4H3. The van der Waals surface area contributed by atoms with Crippen LogP contribution in [0.15, 0.2) is 59.5 Å². The summed E-state index contributed by atoms with van der Waals surface area (Å²) in [7, 11) is 2.93. The first-order valence-corrected chi connectivity index (χ1v) is 11.6. The minimum atomic E-state index is -3.65. The number of hydrogen-bond acceptors (Lipinski definition) is 6. The molecule has 2 aromatic carbocycles. The highest BCUT2D eigenvalue weighted by atomic mass is 32.2. The Hall–Kier alpha value is -2.88. The highest BCUT2D eigenvalue weighted by molar-refractivity contribution is 7.89. The van der Waals surface area contributed by atoms with Gasteiger partial charge >= 0.3 is 0 Å². The maximum absolute atomic E-state index is 13.4. The molecule has 1 aliphatic rings. The molecule has 9 heteroatoms. The number of rotatable bonds is 8. The summed E-state index contributed by atoms with van der Waals surface area (Å²) in [4.78, 5) is 42.6. The molecule has 170 valence electrons. The first-order valence-electron chi connectivity index (χ1n) is 10.2. The van der Waals surface area contributed by atoms with Gasteiger partial charge in [-0.15, -0.1) is 0 Å². The molecule has 2 aromatic rings. The van der Waals surface area contributed by atoms with E-state index in [2.05, 4.69) is 0 Å². The lowest BCUT2D eigenvalue weighted by molar-refractivity contribution is -0.140. The van der Waals surface area contributed by atoms with Gasteiger partial charge in [-0.3, -0.25) is 14.4 Å². The van der Waals surface area contributed by atoms with Crippen LogP contribution in [0.1, 0.15) is 22.0 Å². The molecule has 32 heavy (non-hydrogen) atoms. The zero-order valence-corrected chi connectivity index (χ0v) is 19.4. The lowest BCUT2D eigenvalue weighted by Gasteiger charge is -2.28. The number of amides is 1. The minimum Gasteiger partial charge on any atom is -0.327 e. The van der Waals surface area contributed by atoms with E-state index < -0.39 is 39.5 Å². The quantitative estimate of drug-likeness (QED) is 0.338. The average molecular weight is 458 g/mol. The third-order valence-corrected chi connectivity index (χ3v) is 7.36. The zero-order chi connectivity index (χ0) is 23.6. The van der Waals surface area contributed by atoms with Crippen LogP contribution in [0, 0.1) is 5.92 Å². The number of ketones is 2. The van der Waals surface area contributed by atoms with Gasteiger partial charge in [-0.05, 0) is 31.8 Å². The topological polar surface area (TPSA) is 95.1 Å². The van der Waals surface area contributed by atoms with Crippen LogP contribution in [-0.2, 0) is 19.6 Å². The van der Waals surface area contributed by atoms with Crippen LogP contribution >= 0.6 is 0 Å². The molecule has 0 N–H and O–H groups in total. The number of Topliss-reactive ketones (excluding diaryl/α,β-unsaturated/α-hetero) is 2. The van der Waals surface area contributed by atoms with Crippen molar-refractivity contribution < 1.29 is 22.8 Å². The molecule has 1 saturated heterocycles. The van der Waals surface area contributed by atoms with Gasteiger partial charge in [-0.1, -0.05) is 42.5 Å². The number of carbonyl (C=O) groups excluding carboxylic acids is 3. The molecule has 1 amide bonds. The van der Waals surface area contributed by atoms with Crippen LogP contribution in [0.2, 0.25) is 0 Å². The molecule has 0 saturated carbocycles. The lowest BCUT2D eigenvalue weighted by Crippen LogP contribution is -2.36. The van der Waals surface area contributed by atoms with Crippen molar-refractivity contribution in [2.45, 2.75) is 10.9 Å². The van der Waals surface area contributed by atoms with E-state index >= 15 is 0 Å². The first kappa shape index (κ1) is 23.8. The summed E-state index contributed by atoms with van der Waals surface area (Å²) in [5, 5.41) is 0. The molecule has 1 heterocycles. The van der Waals surface area contributed by atoms with E-state index in [1.54, 1.807) is 24.3 Å². The Balaban J connectivity index is 1.99.